The molecule has 1 atom stereocenters. The highest BCUT2D eigenvalue weighted by Crippen LogP contribution is 2.12. The molecule has 7 nitrogen and oxygen atoms in total. The van der Waals surface area contributed by atoms with Gasteiger partial charge in [0.1, 0.15) is 0 Å². The van der Waals surface area contributed by atoms with Crippen molar-refractivity contribution in [3.05, 3.63) is 24.0 Å². The summed E-state index contributed by atoms with van der Waals surface area (Å²) in [5.74, 6) is 0.406. The summed E-state index contributed by atoms with van der Waals surface area (Å²) in [7, 11) is 0. The van der Waals surface area contributed by atoms with Gasteiger partial charge in [0.05, 0.1) is 12.9 Å². The van der Waals surface area contributed by atoms with Gasteiger partial charge >= 0.3 is 6.01 Å². The van der Waals surface area contributed by atoms with E-state index in [0.29, 0.717) is 12.6 Å². The van der Waals surface area contributed by atoms with E-state index in [-0.39, 0.29) is 17.3 Å². The molecule has 108 valence electrons. The van der Waals surface area contributed by atoms with Gasteiger partial charge in [0, 0.05) is 25.0 Å². The lowest BCUT2D eigenvalue weighted by Gasteiger charge is -2.14. The molecular formula is C12H17ClN6O. The molecule has 0 aliphatic rings. The van der Waals surface area contributed by atoms with Crippen LogP contribution in [0.4, 0.5) is 5.95 Å². The Morgan fingerprint density at radius 3 is 2.95 bits per heavy atom. The lowest BCUT2D eigenvalue weighted by atomic mass is 10.3. The van der Waals surface area contributed by atoms with Crippen LogP contribution in [0.15, 0.2) is 18.7 Å². The van der Waals surface area contributed by atoms with E-state index >= 15 is 0 Å². The van der Waals surface area contributed by atoms with Crippen LogP contribution in [0.2, 0.25) is 5.28 Å². The molecule has 0 saturated heterocycles. The minimum absolute atomic E-state index is 0.113. The normalized spacial score (nSPS) is 12.2. The van der Waals surface area contributed by atoms with Crippen LogP contribution in [0.3, 0.4) is 0 Å². The SMILES string of the molecule is CCCOc1nc(Cl)nc(NC(C)Cn2ccnc2)n1. The second-order valence-electron chi connectivity index (χ2n) is 4.36. The number of hydrogen-bond donors (Lipinski definition) is 1. The average molecular weight is 297 g/mol. The van der Waals surface area contributed by atoms with Gasteiger partial charge in [-0.3, -0.25) is 0 Å². The van der Waals surface area contributed by atoms with Gasteiger partial charge in [0.25, 0.3) is 0 Å². The number of ether oxygens (including phenoxy) is 1. The van der Waals surface area contributed by atoms with Crippen LogP contribution in [-0.4, -0.2) is 37.2 Å². The number of hydrogen-bond acceptors (Lipinski definition) is 6. The van der Waals surface area contributed by atoms with Crippen LogP contribution in [-0.2, 0) is 6.54 Å². The molecule has 0 bridgehead atoms. The fourth-order valence-corrected chi connectivity index (χ4v) is 1.78. The van der Waals surface area contributed by atoms with Crippen LogP contribution in [0.25, 0.3) is 0 Å². The molecule has 20 heavy (non-hydrogen) atoms. The van der Waals surface area contributed by atoms with Gasteiger partial charge in [-0.15, -0.1) is 0 Å². The number of halogens is 1. The molecule has 1 N–H and O–H groups in total. The summed E-state index contributed by atoms with van der Waals surface area (Å²) >= 11 is 5.86. The molecule has 2 heterocycles. The van der Waals surface area contributed by atoms with Crippen molar-refractivity contribution in [2.45, 2.75) is 32.9 Å². The van der Waals surface area contributed by atoms with Gasteiger partial charge in [-0.25, -0.2) is 4.98 Å². The molecule has 0 aromatic carbocycles. The van der Waals surface area contributed by atoms with E-state index < -0.39 is 0 Å². The van der Waals surface area contributed by atoms with Gasteiger partial charge < -0.3 is 14.6 Å². The molecule has 2 rings (SSSR count). The topological polar surface area (TPSA) is 77.8 Å². The zero-order chi connectivity index (χ0) is 14.4. The number of nitrogens with one attached hydrogen (secondary N) is 1. The maximum atomic E-state index is 5.86. The number of nitrogens with zero attached hydrogens (tertiary/aromatic N) is 5. The third-order valence-corrected chi connectivity index (χ3v) is 2.61. The fourth-order valence-electron chi connectivity index (χ4n) is 1.63. The lowest BCUT2D eigenvalue weighted by molar-refractivity contribution is 0.291. The van der Waals surface area contributed by atoms with Crippen molar-refractivity contribution in [1.29, 1.82) is 0 Å². The molecule has 8 heteroatoms. The Morgan fingerprint density at radius 1 is 1.40 bits per heavy atom. The molecule has 1 unspecified atom stereocenters. The van der Waals surface area contributed by atoms with Crippen LogP contribution < -0.4 is 10.1 Å². The first-order valence-electron chi connectivity index (χ1n) is 6.44. The maximum Gasteiger partial charge on any atom is 0.322 e. The summed E-state index contributed by atoms with van der Waals surface area (Å²) < 4.78 is 7.33. The third-order valence-electron chi connectivity index (χ3n) is 2.44. The van der Waals surface area contributed by atoms with Gasteiger partial charge in [-0.05, 0) is 24.9 Å². The van der Waals surface area contributed by atoms with Gasteiger partial charge in [-0.2, -0.15) is 15.0 Å². The largest absolute Gasteiger partial charge is 0.463 e. The second kappa shape index (κ2) is 7.04. The predicted octanol–water partition coefficient (Wildman–Crippen LogP) is 2.01. The van der Waals surface area contributed by atoms with E-state index in [9.17, 15) is 0 Å². The predicted molar refractivity (Wildman–Crippen MR) is 75.9 cm³/mol. The van der Waals surface area contributed by atoms with Crippen molar-refractivity contribution in [3.63, 3.8) is 0 Å². The van der Waals surface area contributed by atoms with Crippen molar-refractivity contribution in [1.82, 2.24) is 24.5 Å². The summed E-state index contributed by atoms with van der Waals surface area (Å²) in [6.07, 6.45) is 6.27. The number of anilines is 1. The monoisotopic (exact) mass is 296 g/mol. The van der Waals surface area contributed by atoms with Gasteiger partial charge in [0.2, 0.25) is 11.2 Å². The third kappa shape index (κ3) is 4.34. The molecule has 0 amide bonds. The lowest BCUT2D eigenvalue weighted by Crippen LogP contribution is -2.23. The zero-order valence-electron chi connectivity index (χ0n) is 11.5. The van der Waals surface area contributed by atoms with E-state index in [2.05, 4.69) is 25.3 Å². The fraction of sp³-hybridized carbons (Fsp3) is 0.500. The first kappa shape index (κ1) is 14.5. The van der Waals surface area contributed by atoms with E-state index in [1.165, 1.54) is 0 Å². The van der Waals surface area contributed by atoms with Crippen molar-refractivity contribution in [2.24, 2.45) is 0 Å². The Bertz CT molecular complexity index is 533. The Kier molecular flexibility index (Phi) is 5.11. The standard InChI is InChI=1S/C12H17ClN6O/c1-3-6-20-12-17-10(13)16-11(18-12)15-9(2)7-19-5-4-14-8-19/h4-5,8-9H,3,6-7H2,1-2H3,(H,15,16,17,18). The Balaban J connectivity index is 1.98. The maximum absolute atomic E-state index is 5.86. The molecule has 0 radical (unpaired) electrons. The zero-order valence-corrected chi connectivity index (χ0v) is 12.2. The molecule has 0 aliphatic carbocycles. The first-order valence-corrected chi connectivity index (χ1v) is 6.82. The highest BCUT2D eigenvalue weighted by atomic mass is 35.5. The number of aromatic nitrogens is 5. The van der Waals surface area contributed by atoms with Crippen molar-refractivity contribution in [2.75, 3.05) is 11.9 Å². The smallest absolute Gasteiger partial charge is 0.322 e. The number of imidazole rings is 1. The molecule has 2 aromatic rings. The summed E-state index contributed by atoms with van der Waals surface area (Å²) in [6, 6.07) is 0.353. The van der Waals surface area contributed by atoms with E-state index in [1.807, 2.05) is 24.6 Å². The van der Waals surface area contributed by atoms with Gasteiger partial charge in [-0.1, -0.05) is 6.92 Å². The summed E-state index contributed by atoms with van der Waals surface area (Å²) in [5, 5.41) is 3.28. The quantitative estimate of drug-likeness (QED) is 0.842. The summed E-state index contributed by atoms with van der Waals surface area (Å²) in [4.78, 5) is 16.1. The Labute approximate surface area is 122 Å². The summed E-state index contributed by atoms with van der Waals surface area (Å²) in [6.45, 7) is 5.32. The Hall–Kier alpha value is -1.89. The molecular weight excluding hydrogens is 280 g/mol. The van der Waals surface area contributed by atoms with E-state index in [4.69, 9.17) is 16.3 Å². The van der Waals surface area contributed by atoms with E-state index in [0.717, 1.165) is 13.0 Å². The van der Waals surface area contributed by atoms with Crippen LogP contribution in [0, 0.1) is 0 Å². The van der Waals surface area contributed by atoms with Crippen molar-refractivity contribution < 1.29 is 4.74 Å². The number of rotatable bonds is 7. The van der Waals surface area contributed by atoms with Crippen molar-refractivity contribution in [3.8, 4) is 6.01 Å². The summed E-state index contributed by atoms with van der Waals surface area (Å²) in [5.41, 5.74) is 0. The average Bonchev–Trinajstić information content (AvgIpc) is 2.88. The highest BCUT2D eigenvalue weighted by molar-refractivity contribution is 6.28. The minimum Gasteiger partial charge on any atom is -0.463 e. The minimum atomic E-state index is 0.113. The van der Waals surface area contributed by atoms with Crippen LogP contribution in [0.1, 0.15) is 20.3 Å². The second-order valence-corrected chi connectivity index (χ2v) is 4.70. The molecule has 0 fully saturated rings. The molecule has 0 saturated carbocycles. The Morgan fingerprint density at radius 2 is 2.25 bits per heavy atom. The van der Waals surface area contributed by atoms with Crippen LogP contribution in [0.5, 0.6) is 6.01 Å². The van der Waals surface area contributed by atoms with Crippen molar-refractivity contribution >= 4 is 17.5 Å². The molecule has 0 spiro atoms. The van der Waals surface area contributed by atoms with E-state index in [1.54, 1.807) is 12.5 Å². The van der Waals surface area contributed by atoms with Gasteiger partial charge in [0.15, 0.2) is 0 Å². The highest BCUT2D eigenvalue weighted by Gasteiger charge is 2.09. The molecule has 0 aliphatic heterocycles. The molecule has 2 aromatic heterocycles. The van der Waals surface area contributed by atoms with Crippen LogP contribution >= 0.6 is 11.6 Å². The first-order chi connectivity index (χ1) is 9.67.